The Morgan fingerprint density at radius 1 is 0.892 bits per heavy atom. The summed E-state index contributed by atoms with van der Waals surface area (Å²) in [5.41, 5.74) is 5.54. The number of rotatable bonds is 9. The second-order valence-corrected chi connectivity index (χ2v) is 10.5. The molecule has 1 amide bonds. The Kier molecular flexibility index (Phi) is 7.96. The summed E-state index contributed by atoms with van der Waals surface area (Å²) >= 11 is 0. The fourth-order valence-electron chi connectivity index (χ4n) is 4.83. The zero-order valence-corrected chi connectivity index (χ0v) is 22.3. The fraction of sp³-hybridized carbons (Fsp3) is 0.387. The number of fused-ring (bicyclic) bond motifs is 2. The van der Waals surface area contributed by atoms with Crippen LogP contribution in [0.25, 0.3) is 0 Å². The first-order valence-electron chi connectivity index (χ1n) is 13.1. The van der Waals surface area contributed by atoms with Crippen molar-refractivity contribution in [3.05, 3.63) is 70.8 Å². The number of benzene rings is 2. The van der Waals surface area contributed by atoms with Crippen LogP contribution in [0.1, 0.15) is 76.6 Å². The van der Waals surface area contributed by atoms with E-state index in [0.717, 1.165) is 44.1 Å². The smallest absolute Gasteiger partial charge is 0.260 e. The lowest BCUT2D eigenvalue weighted by Gasteiger charge is -2.28. The number of carbonyl (C=O) groups excluding carboxylic acids is 1. The molecule has 1 fully saturated rings. The van der Waals surface area contributed by atoms with Gasteiger partial charge in [0, 0.05) is 24.7 Å². The molecule has 4 rings (SSSR count). The minimum Gasteiger partial charge on any atom is -0.508 e. The van der Waals surface area contributed by atoms with E-state index in [-0.39, 0.29) is 35.7 Å². The van der Waals surface area contributed by atoms with E-state index < -0.39 is 0 Å². The largest absolute Gasteiger partial charge is 0.508 e. The summed E-state index contributed by atoms with van der Waals surface area (Å²) in [6, 6.07) is 7.81. The van der Waals surface area contributed by atoms with Gasteiger partial charge in [-0.1, -0.05) is 41.0 Å². The van der Waals surface area contributed by atoms with Crippen LogP contribution in [-0.2, 0) is 0 Å². The third-order valence-corrected chi connectivity index (χ3v) is 6.97. The molecule has 3 N–H and O–H groups in total. The summed E-state index contributed by atoms with van der Waals surface area (Å²) < 4.78 is 0. The van der Waals surface area contributed by atoms with Crippen LogP contribution in [0.2, 0.25) is 0 Å². The Balaban J connectivity index is 1.61. The van der Waals surface area contributed by atoms with Crippen LogP contribution in [0.3, 0.4) is 0 Å². The number of hydrogen-bond donors (Lipinski definition) is 3. The number of anilines is 3. The van der Waals surface area contributed by atoms with E-state index in [1.54, 1.807) is 23.1 Å². The number of aromatic hydroxyl groups is 3. The molecule has 0 atom stereocenters. The Bertz CT molecular complexity index is 1270. The highest BCUT2D eigenvalue weighted by atomic mass is 16.3. The molecule has 1 aliphatic heterocycles. The molecule has 2 aromatic rings. The number of allylic oxidation sites excluding steroid dienone is 5. The van der Waals surface area contributed by atoms with Crippen LogP contribution < -0.4 is 9.80 Å². The molecule has 6 heteroatoms. The highest BCUT2D eigenvalue weighted by molar-refractivity contribution is 6.15. The summed E-state index contributed by atoms with van der Waals surface area (Å²) in [6.45, 7) is 8.76. The Morgan fingerprint density at radius 3 is 2.24 bits per heavy atom. The van der Waals surface area contributed by atoms with E-state index in [1.165, 1.54) is 23.3 Å². The first-order chi connectivity index (χ1) is 17.7. The summed E-state index contributed by atoms with van der Waals surface area (Å²) in [5, 5.41) is 32.0. The van der Waals surface area contributed by atoms with Crippen molar-refractivity contribution in [3.63, 3.8) is 0 Å². The number of phenols is 3. The van der Waals surface area contributed by atoms with Crippen LogP contribution >= 0.6 is 0 Å². The molecule has 2 aromatic carbocycles. The van der Waals surface area contributed by atoms with Crippen molar-refractivity contribution < 1.29 is 20.1 Å². The Hall–Kier alpha value is -3.67. The monoisotopic (exact) mass is 502 g/mol. The van der Waals surface area contributed by atoms with Gasteiger partial charge < -0.3 is 25.1 Å². The third-order valence-electron chi connectivity index (χ3n) is 6.97. The van der Waals surface area contributed by atoms with Crippen LogP contribution in [0.5, 0.6) is 17.2 Å². The molecule has 6 nitrogen and oxygen atoms in total. The molecular formula is C31H38N2O4. The van der Waals surface area contributed by atoms with Crippen molar-refractivity contribution in [3.8, 4) is 17.2 Å². The van der Waals surface area contributed by atoms with Gasteiger partial charge in [0.05, 0.1) is 16.9 Å². The number of nitrogens with zero attached hydrogens (tertiary/aromatic N) is 2. The quantitative estimate of drug-likeness (QED) is 0.310. The van der Waals surface area contributed by atoms with E-state index in [0.29, 0.717) is 22.6 Å². The van der Waals surface area contributed by atoms with E-state index in [1.807, 2.05) is 11.0 Å². The third kappa shape index (κ3) is 6.01. The second-order valence-electron chi connectivity index (χ2n) is 10.5. The molecular weight excluding hydrogens is 464 g/mol. The summed E-state index contributed by atoms with van der Waals surface area (Å²) in [6.07, 6.45) is 12.3. The van der Waals surface area contributed by atoms with Crippen LogP contribution in [0, 0.1) is 0 Å². The Morgan fingerprint density at radius 2 is 1.57 bits per heavy atom. The number of carbonyl (C=O) groups is 1. The molecule has 0 aromatic heterocycles. The molecule has 2 aliphatic rings. The van der Waals surface area contributed by atoms with Crippen molar-refractivity contribution >= 4 is 23.0 Å². The number of para-hydroxylation sites is 1. The highest BCUT2D eigenvalue weighted by Crippen LogP contribution is 2.53. The van der Waals surface area contributed by atoms with Gasteiger partial charge in [-0.3, -0.25) is 4.79 Å². The minimum atomic E-state index is -0.278. The van der Waals surface area contributed by atoms with Crippen molar-refractivity contribution in [1.29, 1.82) is 0 Å². The minimum absolute atomic E-state index is 0.00325. The van der Waals surface area contributed by atoms with Crippen molar-refractivity contribution in [2.75, 3.05) is 16.3 Å². The topological polar surface area (TPSA) is 84.2 Å². The van der Waals surface area contributed by atoms with Gasteiger partial charge in [-0.2, -0.15) is 0 Å². The van der Waals surface area contributed by atoms with Crippen molar-refractivity contribution in [2.24, 2.45) is 0 Å². The lowest BCUT2D eigenvalue weighted by Crippen LogP contribution is -2.30. The SMILES string of the molecule is CC(C)=CCC/C(C)=C/CC/C(C)=C/CN1C(=O)c2cccc(O)c2N(C2CC2)c2c(O)cc(O)cc21. The van der Waals surface area contributed by atoms with Crippen molar-refractivity contribution in [1.82, 2.24) is 0 Å². The van der Waals surface area contributed by atoms with Gasteiger partial charge in [0.25, 0.3) is 5.91 Å². The fourth-order valence-corrected chi connectivity index (χ4v) is 4.83. The van der Waals surface area contributed by atoms with Gasteiger partial charge in [-0.05, 0) is 78.4 Å². The average molecular weight is 503 g/mol. The standard InChI is InChI=1S/C31H38N2O4/c1-20(2)8-5-9-21(3)10-6-11-22(4)16-17-32-26-18-24(34)19-28(36)30(26)33(23-14-15-23)29-25(31(32)37)12-7-13-27(29)35/h7-8,10,12-13,16,18-19,23,34-36H,5-6,9,11,14-15,17H2,1-4H3/b21-10+,22-16+. The number of phenolic OH excluding ortho intramolecular Hbond substituents is 3. The summed E-state index contributed by atoms with van der Waals surface area (Å²) in [5.74, 6) is -0.518. The molecule has 1 heterocycles. The Labute approximate surface area is 219 Å². The number of amides is 1. The average Bonchev–Trinajstić information content (AvgIpc) is 3.66. The molecule has 1 saturated carbocycles. The molecule has 37 heavy (non-hydrogen) atoms. The van der Waals surface area contributed by atoms with Crippen LogP contribution in [0.15, 0.2) is 65.3 Å². The predicted octanol–water partition coefficient (Wildman–Crippen LogP) is 7.48. The highest BCUT2D eigenvalue weighted by Gasteiger charge is 2.41. The zero-order chi connectivity index (χ0) is 26.7. The van der Waals surface area contributed by atoms with Gasteiger partial charge in [-0.15, -0.1) is 0 Å². The number of hydrogen-bond acceptors (Lipinski definition) is 5. The molecule has 1 aliphatic carbocycles. The van der Waals surface area contributed by atoms with Crippen LogP contribution in [0.4, 0.5) is 17.1 Å². The lowest BCUT2D eigenvalue weighted by molar-refractivity contribution is 0.0990. The molecule has 0 unspecified atom stereocenters. The van der Waals surface area contributed by atoms with Gasteiger partial charge in [0.2, 0.25) is 0 Å². The van der Waals surface area contributed by atoms with Gasteiger partial charge >= 0.3 is 0 Å². The molecule has 0 saturated heterocycles. The zero-order valence-electron chi connectivity index (χ0n) is 22.3. The van der Waals surface area contributed by atoms with Crippen molar-refractivity contribution in [2.45, 2.75) is 72.3 Å². The first kappa shape index (κ1) is 26.4. The molecule has 196 valence electrons. The summed E-state index contributed by atoms with van der Waals surface area (Å²) in [7, 11) is 0. The van der Waals surface area contributed by atoms with E-state index in [9.17, 15) is 20.1 Å². The van der Waals surface area contributed by atoms with E-state index in [2.05, 4.69) is 39.8 Å². The molecule has 0 spiro atoms. The maximum Gasteiger partial charge on any atom is 0.260 e. The van der Waals surface area contributed by atoms with E-state index >= 15 is 0 Å². The maximum atomic E-state index is 13.8. The second kappa shape index (κ2) is 11.2. The van der Waals surface area contributed by atoms with Gasteiger partial charge in [-0.25, -0.2) is 0 Å². The first-order valence-corrected chi connectivity index (χ1v) is 13.1. The predicted molar refractivity (Wildman–Crippen MR) is 150 cm³/mol. The lowest BCUT2D eigenvalue weighted by atomic mass is 10.1. The molecule has 0 bridgehead atoms. The normalized spacial score (nSPS) is 15.8. The maximum absolute atomic E-state index is 13.8. The van der Waals surface area contributed by atoms with E-state index in [4.69, 9.17) is 0 Å². The molecule has 0 radical (unpaired) electrons. The summed E-state index contributed by atoms with van der Waals surface area (Å²) in [4.78, 5) is 17.3. The van der Waals surface area contributed by atoms with Gasteiger partial charge in [0.15, 0.2) is 0 Å². The van der Waals surface area contributed by atoms with Crippen LogP contribution in [-0.4, -0.2) is 33.8 Å². The van der Waals surface area contributed by atoms with Gasteiger partial charge in [0.1, 0.15) is 22.9 Å².